The van der Waals surface area contributed by atoms with E-state index in [0.29, 0.717) is 29.8 Å². The normalized spacial score (nSPS) is 23.7. The molecule has 0 bridgehead atoms. The van der Waals surface area contributed by atoms with Crippen LogP contribution in [-0.4, -0.2) is 88.5 Å². The number of carbonyl (C=O) groups excluding carboxylic acids is 3. The van der Waals surface area contributed by atoms with Crippen LogP contribution in [0.4, 0.5) is 5.69 Å². The molecule has 3 aromatic rings. The van der Waals surface area contributed by atoms with Gasteiger partial charge < -0.3 is 25.0 Å². The molecule has 11 nitrogen and oxygen atoms in total. The number of rotatable bonds is 7. The van der Waals surface area contributed by atoms with Gasteiger partial charge in [-0.3, -0.25) is 24.3 Å². The zero-order valence-electron chi connectivity index (χ0n) is 24.1. The maximum atomic E-state index is 13.5. The van der Waals surface area contributed by atoms with Crippen molar-refractivity contribution in [2.75, 3.05) is 32.1 Å². The van der Waals surface area contributed by atoms with E-state index in [2.05, 4.69) is 37.6 Å². The van der Waals surface area contributed by atoms with Crippen molar-refractivity contribution >= 4 is 23.4 Å². The topological polar surface area (TPSA) is 126 Å². The number of ether oxygens (including phenoxy) is 2. The number of fused-ring (bicyclic) bond motifs is 2. The molecule has 3 aliphatic rings. The number of amides is 3. The highest BCUT2D eigenvalue weighted by molar-refractivity contribution is 6.04. The number of nitrogens with zero attached hydrogens (tertiary/aromatic N) is 4. The summed E-state index contributed by atoms with van der Waals surface area (Å²) in [5, 5.41) is 5.97. The van der Waals surface area contributed by atoms with Gasteiger partial charge in [-0.25, -0.2) is 4.98 Å². The van der Waals surface area contributed by atoms with E-state index in [4.69, 9.17) is 9.47 Å². The molecule has 4 heterocycles. The quantitative estimate of drug-likeness (QED) is 0.434. The van der Waals surface area contributed by atoms with Crippen LogP contribution in [0.15, 0.2) is 67.1 Å². The van der Waals surface area contributed by atoms with Crippen LogP contribution in [0.5, 0.6) is 5.75 Å². The van der Waals surface area contributed by atoms with E-state index in [-0.39, 0.29) is 54.8 Å². The Morgan fingerprint density at radius 3 is 2.74 bits per heavy atom. The van der Waals surface area contributed by atoms with Gasteiger partial charge in [0.2, 0.25) is 5.91 Å². The molecule has 0 radical (unpaired) electrons. The number of hydrogen-bond acceptors (Lipinski definition) is 8. The van der Waals surface area contributed by atoms with E-state index in [1.807, 2.05) is 18.2 Å². The molecule has 0 aliphatic carbocycles. The highest BCUT2D eigenvalue weighted by Gasteiger charge is 2.39. The summed E-state index contributed by atoms with van der Waals surface area (Å²) in [6.07, 6.45) is 6.27. The van der Waals surface area contributed by atoms with Crippen molar-refractivity contribution in [1.29, 1.82) is 0 Å². The Morgan fingerprint density at radius 1 is 1.07 bits per heavy atom. The molecule has 1 aromatic heterocycles. The SMILES string of the molecule is CN1C(=O)c2cc(NC(=O)c3cnccn3)ccc2OC[C@H]2O[C@@H](CC(=O)N[C@@H]3CCN(Cc4ccccc4)C3)CC[C@H]21. The smallest absolute Gasteiger partial charge is 0.275 e. The second-order valence-electron chi connectivity index (χ2n) is 11.4. The van der Waals surface area contributed by atoms with E-state index in [1.165, 1.54) is 24.2 Å². The molecule has 4 atom stereocenters. The second-order valence-corrected chi connectivity index (χ2v) is 11.4. The molecule has 0 unspecified atom stereocenters. The minimum atomic E-state index is -0.422. The van der Waals surface area contributed by atoms with Crippen molar-refractivity contribution in [2.45, 2.75) is 56.5 Å². The molecule has 224 valence electrons. The molecule has 6 rings (SSSR count). The van der Waals surface area contributed by atoms with E-state index in [0.717, 1.165) is 26.1 Å². The first kappa shape index (κ1) is 28.8. The van der Waals surface area contributed by atoms with Gasteiger partial charge in [0, 0.05) is 50.8 Å². The average molecular weight is 585 g/mol. The van der Waals surface area contributed by atoms with Crippen LogP contribution in [0.25, 0.3) is 0 Å². The van der Waals surface area contributed by atoms with Crippen LogP contribution in [0.3, 0.4) is 0 Å². The number of nitrogens with one attached hydrogen (secondary N) is 2. The maximum absolute atomic E-state index is 13.5. The number of likely N-dealkylation sites (N-methyl/N-ethyl adjacent to an activating group) is 1. The number of aromatic nitrogens is 2. The third-order valence-corrected chi connectivity index (χ3v) is 8.36. The zero-order chi connectivity index (χ0) is 29.8. The maximum Gasteiger partial charge on any atom is 0.275 e. The van der Waals surface area contributed by atoms with Crippen LogP contribution < -0.4 is 15.4 Å². The van der Waals surface area contributed by atoms with Gasteiger partial charge in [0.05, 0.1) is 30.3 Å². The average Bonchev–Trinajstić information content (AvgIpc) is 3.46. The van der Waals surface area contributed by atoms with Crippen LogP contribution in [0.1, 0.15) is 52.1 Å². The first-order valence-electron chi connectivity index (χ1n) is 14.8. The first-order valence-corrected chi connectivity index (χ1v) is 14.8. The Labute approximate surface area is 250 Å². The van der Waals surface area contributed by atoms with Crippen LogP contribution >= 0.6 is 0 Å². The highest BCUT2D eigenvalue weighted by atomic mass is 16.5. The Kier molecular flexibility index (Phi) is 8.62. The molecule has 2 fully saturated rings. The van der Waals surface area contributed by atoms with Gasteiger partial charge >= 0.3 is 0 Å². The van der Waals surface area contributed by atoms with E-state index >= 15 is 0 Å². The number of hydrogen-bond donors (Lipinski definition) is 2. The molecular formula is C32H36N6O5. The first-order chi connectivity index (χ1) is 20.9. The molecule has 2 aromatic carbocycles. The van der Waals surface area contributed by atoms with Gasteiger partial charge in [0.25, 0.3) is 11.8 Å². The molecule has 3 amide bonds. The summed E-state index contributed by atoms with van der Waals surface area (Å²) in [4.78, 5) is 51.0. The molecular weight excluding hydrogens is 548 g/mol. The Morgan fingerprint density at radius 2 is 1.93 bits per heavy atom. The van der Waals surface area contributed by atoms with Crippen molar-refractivity contribution in [3.8, 4) is 5.75 Å². The fourth-order valence-electron chi connectivity index (χ4n) is 6.15. The molecule has 11 heteroatoms. The number of anilines is 1. The van der Waals surface area contributed by atoms with Crippen molar-refractivity contribution < 1.29 is 23.9 Å². The lowest BCUT2D eigenvalue weighted by Crippen LogP contribution is -2.54. The van der Waals surface area contributed by atoms with Crippen molar-refractivity contribution in [2.24, 2.45) is 0 Å². The number of benzene rings is 2. The van der Waals surface area contributed by atoms with Gasteiger partial charge in [0.15, 0.2) is 0 Å². The van der Waals surface area contributed by atoms with Crippen LogP contribution in [0.2, 0.25) is 0 Å². The van der Waals surface area contributed by atoms with Crippen LogP contribution in [-0.2, 0) is 16.1 Å². The summed E-state index contributed by atoms with van der Waals surface area (Å²) >= 11 is 0. The Hall–Kier alpha value is -4.35. The van der Waals surface area contributed by atoms with Crippen molar-refractivity contribution in [3.05, 3.63) is 83.9 Å². The molecule has 2 N–H and O–H groups in total. The standard InChI is InChI=1S/C32H36N6O5/c1-37-27-9-8-24(16-30(39)35-23-11-14-38(19-23)18-21-5-3-2-4-6-21)43-29(27)20-42-28-10-7-22(15-25(28)32(37)41)36-31(40)26-17-33-12-13-34-26/h2-7,10,12-13,15,17,23-24,27,29H,8-9,11,14,16,18-20H2,1H3,(H,35,39)(H,36,40)/t23-,24-,27-,29-/m1/s1. The highest BCUT2D eigenvalue weighted by Crippen LogP contribution is 2.32. The summed E-state index contributed by atoms with van der Waals surface area (Å²) in [7, 11) is 1.76. The summed E-state index contributed by atoms with van der Waals surface area (Å²) in [6.45, 7) is 2.92. The van der Waals surface area contributed by atoms with Gasteiger partial charge in [-0.1, -0.05) is 30.3 Å². The molecule has 0 spiro atoms. The Balaban J connectivity index is 1.03. The van der Waals surface area contributed by atoms with Gasteiger partial charge in [-0.15, -0.1) is 0 Å². The predicted molar refractivity (Wildman–Crippen MR) is 159 cm³/mol. The van der Waals surface area contributed by atoms with E-state index in [1.54, 1.807) is 30.1 Å². The van der Waals surface area contributed by atoms with E-state index in [9.17, 15) is 14.4 Å². The summed E-state index contributed by atoms with van der Waals surface area (Å²) in [6, 6.07) is 15.3. The third kappa shape index (κ3) is 6.84. The minimum absolute atomic E-state index is 0.00684. The lowest BCUT2D eigenvalue weighted by molar-refractivity contribution is -0.134. The Bertz CT molecular complexity index is 1460. The molecule has 0 saturated carbocycles. The fourth-order valence-corrected chi connectivity index (χ4v) is 6.15. The summed E-state index contributed by atoms with van der Waals surface area (Å²) < 4.78 is 12.4. The van der Waals surface area contributed by atoms with Gasteiger partial charge in [-0.2, -0.15) is 0 Å². The predicted octanol–water partition coefficient (Wildman–Crippen LogP) is 2.89. The number of likely N-dealkylation sites (tertiary alicyclic amines) is 1. The van der Waals surface area contributed by atoms with E-state index < -0.39 is 5.91 Å². The lowest BCUT2D eigenvalue weighted by atomic mass is 9.94. The summed E-state index contributed by atoms with van der Waals surface area (Å²) in [5.74, 6) is -0.236. The molecule has 2 saturated heterocycles. The van der Waals surface area contributed by atoms with Gasteiger partial charge in [0.1, 0.15) is 24.2 Å². The summed E-state index contributed by atoms with van der Waals surface area (Å²) in [5.41, 5.74) is 2.26. The van der Waals surface area contributed by atoms with Crippen LogP contribution in [0, 0.1) is 0 Å². The zero-order valence-corrected chi connectivity index (χ0v) is 24.1. The molecule has 43 heavy (non-hydrogen) atoms. The minimum Gasteiger partial charge on any atom is -0.490 e. The van der Waals surface area contributed by atoms with Gasteiger partial charge in [-0.05, 0) is 43.0 Å². The monoisotopic (exact) mass is 584 g/mol. The lowest BCUT2D eigenvalue weighted by Gasteiger charge is -2.42. The van der Waals surface area contributed by atoms with Crippen molar-refractivity contribution in [3.63, 3.8) is 0 Å². The number of carbonyl (C=O) groups is 3. The fraction of sp³-hybridized carbons (Fsp3) is 0.406. The third-order valence-electron chi connectivity index (χ3n) is 8.36. The molecule has 3 aliphatic heterocycles. The largest absolute Gasteiger partial charge is 0.490 e. The second kappa shape index (κ2) is 12.9. The van der Waals surface area contributed by atoms with Crippen molar-refractivity contribution in [1.82, 2.24) is 25.1 Å².